The normalized spacial score (nSPS) is 13.6. The highest BCUT2D eigenvalue weighted by Crippen LogP contribution is 1.95. The molecule has 0 N–H and O–H groups in total. The Bertz CT molecular complexity index is 75.3. The van der Waals surface area contributed by atoms with Crippen LogP contribution < -0.4 is 0 Å². The van der Waals surface area contributed by atoms with Gasteiger partial charge in [-0.15, -0.1) is 0 Å². The van der Waals surface area contributed by atoms with Gasteiger partial charge in [-0.05, 0) is 11.6 Å². The van der Waals surface area contributed by atoms with Crippen molar-refractivity contribution in [2.75, 3.05) is 7.11 Å². The van der Waals surface area contributed by atoms with Gasteiger partial charge < -0.3 is 4.74 Å². The van der Waals surface area contributed by atoms with Crippen molar-refractivity contribution in [2.24, 2.45) is 0 Å². The van der Waals surface area contributed by atoms with Crippen molar-refractivity contribution in [1.82, 2.24) is 0 Å². The van der Waals surface area contributed by atoms with Gasteiger partial charge in [-0.2, -0.15) is 0 Å². The quantitative estimate of drug-likeness (QED) is 0.509. The molecule has 0 radical (unpaired) electrons. The number of alkyl halides is 1. The summed E-state index contributed by atoms with van der Waals surface area (Å²) < 4.78 is 15.4. The minimum absolute atomic E-state index is 1.06. The van der Waals surface area contributed by atoms with Crippen LogP contribution in [0, 0.1) is 0 Å². The molecule has 0 spiro atoms. The predicted molar refractivity (Wildman–Crippen MR) is 22.8 cm³/mol. The minimum Gasteiger partial charge on any atom is -0.345 e. The summed E-state index contributed by atoms with van der Waals surface area (Å²) in [5.41, 5.74) is 0. The number of hydrogen-bond donors (Lipinski definition) is 0. The van der Waals surface area contributed by atoms with Gasteiger partial charge in [0.25, 0.3) is 11.6 Å². The second kappa shape index (κ2) is 2.93. The van der Waals surface area contributed by atoms with Gasteiger partial charge in [0.2, 0.25) is 0 Å². The molecule has 0 aromatic carbocycles. The molecule has 2 nitrogen and oxygen atoms in total. The van der Waals surface area contributed by atoms with Crippen LogP contribution in [-0.4, -0.2) is 18.7 Å². The van der Waals surface area contributed by atoms with Crippen LogP contribution in [0.2, 0.25) is 0 Å². The molecular weight excluding hydrogens is 122 g/mol. The van der Waals surface area contributed by atoms with Gasteiger partial charge in [0.15, 0.2) is 0 Å². The van der Waals surface area contributed by atoms with E-state index in [4.69, 9.17) is 0 Å². The summed E-state index contributed by atoms with van der Waals surface area (Å²) in [5.74, 6) is 0. The Kier molecular flexibility index (Phi) is 2.87. The Hall–Kier alpha value is -0.150. The highest BCUT2D eigenvalue weighted by Gasteiger charge is 2.10. The zero-order valence-electron chi connectivity index (χ0n) is 3.65. The number of rotatable bonds is 2. The monoisotopic (exact) mass is 126 g/mol. The van der Waals surface area contributed by atoms with Crippen LogP contribution in [0.4, 0.5) is 4.39 Å². The van der Waals surface area contributed by atoms with E-state index in [0.717, 1.165) is 7.11 Å². The lowest BCUT2D eigenvalue weighted by molar-refractivity contribution is -0.130. The maximum absolute atomic E-state index is 11.6. The summed E-state index contributed by atoms with van der Waals surface area (Å²) in [7, 11) is 1.06. The first kappa shape index (κ1) is 6.85. The van der Waals surface area contributed by atoms with E-state index in [2.05, 4.69) is 16.3 Å². The molecular formula is C3H4ClFO2. The first-order chi connectivity index (χ1) is 3.18. The Morgan fingerprint density at radius 2 is 2.43 bits per heavy atom. The molecule has 1 atom stereocenters. The van der Waals surface area contributed by atoms with E-state index in [1.54, 1.807) is 0 Å². The summed E-state index contributed by atoms with van der Waals surface area (Å²) in [6.45, 7) is 0. The van der Waals surface area contributed by atoms with Gasteiger partial charge in [0.05, 0.1) is 0 Å². The molecule has 0 aromatic rings. The van der Waals surface area contributed by atoms with Crippen LogP contribution >= 0.6 is 11.6 Å². The molecule has 0 aliphatic rings. The Morgan fingerprint density at radius 3 is 2.43 bits per heavy atom. The van der Waals surface area contributed by atoms with Crippen LogP contribution in [-0.2, 0) is 9.53 Å². The molecule has 0 rings (SSSR count). The highest BCUT2D eigenvalue weighted by atomic mass is 35.5. The molecule has 0 fully saturated rings. The third-order valence-corrected chi connectivity index (χ3v) is 0.557. The summed E-state index contributed by atoms with van der Waals surface area (Å²) in [6.07, 6.45) is -1.97. The maximum Gasteiger partial charge on any atom is 0.283 e. The third-order valence-electron chi connectivity index (χ3n) is 0.385. The molecule has 1 unspecified atom stereocenters. The summed E-state index contributed by atoms with van der Waals surface area (Å²) in [4.78, 5) is 9.64. The first-order valence-corrected chi connectivity index (χ1v) is 1.92. The fourth-order valence-corrected chi connectivity index (χ4v) is 0.182. The van der Waals surface area contributed by atoms with Crippen molar-refractivity contribution < 1.29 is 13.9 Å². The van der Waals surface area contributed by atoms with E-state index < -0.39 is 11.6 Å². The van der Waals surface area contributed by atoms with Gasteiger partial charge in [-0.25, -0.2) is 4.39 Å². The summed E-state index contributed by atoms with van der Waals surface area (Å²) in [5, 5.41) is -1.12. The SMILES string of the molecule is COC(F)C(=O)Cl. The molecule has 0 heterocycles. The van der Waals surface area contributed by atoms with E-state index in [0.29, 0.717) is 0 Å². The second-order valence-electron chi connectivity index (χ2n) is 0.856. The molecule has 0 amide bonds. The van der Waals surface area contributed by atoms with Crippen LogP contribution in [0.5, 0.6) is 0 Å². The van der Waals surface area contributed by atoms with E-state index in [9.17, 15) is 9.18 Å². The fourth-order valence-electron chi connectivity index (χ4n) is 0.0927. The van der Waals surface area contributed by atoms with Gasteiger partial charge in [0, 0.05) is 7.11 Å². The van der Waals surface area contributed by atoms with E-state index in [1.807, 2.05) is 0 Å². The average molecular weight is 127 g/mol. The maximum atomic E-state index is 11.6. The molecule has 7 heavy (non-hydrogen) atoms. The third kappa shape index (κ3) is 2.53. The molecule has 4 heteroatoms. The van der Waals surface area contributed by atoms with Crippen LogP contribution in [0.1, 0.15) is 0 Å². The lowest BCUT2D eigenvalue weighted by Gasteiger charge is -1.94. The Balaban J connectivity index is 3.34. The van der Waals surface area contributed by atoms with Crippen molar-refractivity contribution in [2.45, 2.75) is 6.36 Å². The van der Waals surface area contributed by atoms with Crippen LogP contribution in [0.3, 0.4) is 0 Å². The molecule has 0 aromatic heterocycles. The van der Waals surface area contributed by atoms with Gasteiger partial charge in [-0.3, -0.25) is 4.79 Å². The van der Waals surface area contributed by atoms with E-state index in [-0.39, 0.29) is 0 Å². The Morgan fingerprint density at radius 1 is 2.00 bits per heavy atom. The van der Waals surface area contributed by atoms with Crippen molar-refractivity contribution >= 4 is 16.8 Å². The van der Waals surface area contributed by atoms with Gasteiger partial charge in [-0.1, -0.05) is 0 Å². The minimum atomic E-state index is -1.97. The van der Waals surface area contributed by atoms with Crippen molar-refractivity contribution in [3.63, 3.8) is 0 Å². The number of carbonyl (C=O) groups excluding carboxylic acids is 1. The average Bonchev–Trinajstić information content (AvgIpc) is 1.65. The Labute approximate surface area is 45.2 Å². The zero-order valence-corrected chi connectivity index (χ0v) is 4.41. The number of methoxy groups -OCH3 is 1. The highest BCUT2D eigenvalue weighted by molar-refractivity contribution is 6.64. The van der Waals surface area contributed by atoms with Gasteiger partial charge >= 0.3 is 0 Å². The lowest BCUT2D eigenvalue weighted by Crippen LogP contribution is -2.10. The molecule has 0 saturated carbocycles. The van der Waals surface area contributed by atoms with Gasteiger partial charge in [0.1, 0.15) is 0 Å². The second-order valence-corrected chi connectivity index (χ2v) is 1.23. The molecule has 0 bridgehead atoms. The van der Waals surface area contributed by atoms with E-state index in [1.165, 1.54) is 0 Å². The molecule has 0 aliphatic carbocycles. The molecule has 42 valence electrons. The van der Waals surface area contributed by atoms with Crippen molar-refractivity contribution in [1.29, 1.82) is 0 Å². The first-order valence-electron chi connectivity index (χ1n) is 1.54. The van der Waals surface area contributed by atoms with Crippen molar-refractivity contribution in [3.8, 4) is 0 Å². The molecule has 0 saturated heterocycles. The predicted octanol–water partition coefficient (Wildman–Crippen LogP) is 0.694. The number of carbonyl (C=O) groups is 1. The number of ether oxygens (including phenoxy) is 1. The topological polar surface area (TPSA) is 26.3 Å². The number of halogens is 2. The smallest absolute Gasteiger partial charge is 0.283 e. The largest absolute Gasteiger partial charge is 0.345 e. The van der Waals surface area contributed by atoms with Crippen molar-refractivity contribution in [3.05, 3.63) is 0 Å². The van der Waals surface area contributed by atoms with Crippen LogP contribution in [0.25, 0.3) is 0 Å². The standard InChI is InChI=1S/C3H4ClFO2/c1-7-3(5)2(4)6/h3H,1H3. The fraction of sp³-hybridized carbons (Fsp3) is 0.667. The summed E-state index contributed by atoms with van der Waals surface area (Å²) >= 11 is 4.59. The zero-order chi connectivity index (χ0) is 5.86. The van der Waals surface area contributed by atoms with Crippen LogP contribution in [0.15, 0.2) is 0 Å². The number of hydrogen-bond acceptors (Lipinski definition) is 2. The molecule has 0 aliphatic heterocycles. The lowest BCUT2D eigenvalue weighted by atomic mass is 10.8. The summed E-state index contributed by atoms with van der Waals surface area (Å²) in [6, 6.07) is 0. The van der Waals surface area contributed by atoms with E-state index >= 15 is 0 Å².